The number of hydrogen-bond acceptors (Lipinski definition) is 4. The molecule has 0 radical (unpaired) electrons. The van der Waals surface area contributed by atoms with Crippen molar-refractivity contribution in [3.8, 4) is 11.6 Å². The van der Waals surface area contributed by atoms with E-state index >= 15 is 0 Å². The van der Waals surface area contributed by atoms with Gasteiger partial charge in [0, 0.05) is 13.1 Å². The second kappa shape index (κ2) is 6.97. The van der Waals surface area contributed by atoms with Crippen LogP contribution in [-0.4, -0.2) is 42.2 Å². The summed E-state index contributed by atoms with van der Waals surface area (Å²) in [5, 5.41) is 7.68. The Labute approximate surface area is 147 Å². The second-order valence-electron chi connectivity index (χ2n) is 5.96. The fourth-order valence-corrected chi connectivity index (χ4v) is 2.93. The molecule has 1 aromatic heterocycles. The van der Waals surface area contributed by atoms with E-state index in [4.69, 9.17) is 9.47 Å². The zero-order valence-electron chi connectivity index (χ0n) is 13.7. The smallest absolute Gasteiger partial charge is 0.241 e. The molecule has 8 heteroatoms. The maximum absolute atomic E-state index is 14.2. The lowest BCUT2D eigenvalue weighted by molar-refractivity contribution is -0.000512. The summed E-state index contributed by atoms with van der Waals surface area (Å²) in [7, 11) is 0. The maximum Gasteiger partial charge on any atom is 0.241 e. The summed E-state index contributed by atoms with van der Waals surface area (Å²) in [5.74, 6) is -1.95. The van der Waals surface area contributed by atoms with Crippen LogP contribution in [-0.2, 0) is 4.74 Å². The molecular formula is C18H16F3N3O2. The van der Waals surface area contributed by atoms with Gasteiger partial charge in [-0.1, -0.05) is 6.07 Å². The summed E-state index contributed by atoms with van der Waals surface area (Å²) in [6.45, 7) is 2.15. The average molecular weight is 363 g/mol. The number of benzene rings is 2. The molecule has 0 spiro atoms. The zero-order chi connectivity index (χ0) is 18.1. The summed E-state index contributed by atoms with van der Waals surface area (Å²) in [4.78, 5) is 0. The molecule has 0 bridgehead atoms. The normalized spacial score (nSPS) is 17.6. The fourth-order valence-electron chi connectivity index (χ4n) is 2.93. The first-order chi connectivity index (χ1) is 12.6. The summed E-state index contributed by atoms with van der Waals surface area (Å²) >= 11 is 0. The lowest BCUT2D eigenvalue weighted by atomic mass is 10.2. The molecule has 1 aliphatic rings. The van der Waals surface area contributed by atoms with Gasteiger partial charge in [-0.3, -0.25) is 0 Å². The highest BCUT2D eigenvalue weighted by atomic mass is 19.1. The predicted octanol–water partition coefficient (Wildman–Crippen LogP) is 2.81. The molecule has 1 N–H and O–H groups in total. The van der Waals surface area contributed by atoms with E-state index in [2.05, 4.69) is 10.4 Å². The topological polar surface area (TPSA) is 48.3 Å². The van der Waals surface area contributed by atoms with Crippen LogP contribution < -0.4 is 10.1 Å². The van der Waals surface area contributed by atoms with Crippen LogP contribution in [0.1, 0.15) is 0 Å². The van der Waals surface area contributed by atoms with Crippen molar-refractivity contribution in [2.75, 3.05) is 26.3 Å². The molecule has 0 saturated carbocycles. The van der Waals surface area contributed by atoms with Crippen LogP contribution >= 0.6 is 0 Å². The van der Waals surface area contributed by atoms with Crippen molar-refractivity contribution in [3.05, 3.63) is 53.8 Å². The van der Waals surface area contributed by atoms with Gasteiger partial charge in [0.2, 0.25) is 5.88 Å². The van der Waals surface area contributed by atoms with Crippen LogP contribution in [0.5, 0.6) is 5.88 Å². The Balaban J connectivity index is 1.75. The summed E-state index contributed by atoms with van der Waals surface area (Å²) in [6, 6.07) is 7.39. The van der Waals surface area contributed by atoms with Gasteiger partial charge < -0.3 is 14.8 Å². The number of rotatable bonds is 4. The van der Waals surface area contributed by atoms with E-state index in [9.17, 15) is 13.2 Å². The van der Waals surface area contributed by atoms with Crippen LogP contribution in [0, 0.1) is 17.5 Å². The molecule has 136 valence electrons. The summed E-state index contributed by atoms with van der Waals surface area (Å²) < 4.78 is 54.4. The van der Waals surface area contributed by atoms with E-state index in [1.54, 1.807) is 0 Å². The molecule has 0 amide bonds. The minimum atomic E-state index is -0.773. The van der Waals surface area contributed by atoms with Gasteiger partial charge in [-0.25, -0.2) is 17.9 Å². The molecule has 1 fully saturated rings. The number of ether oxygens (including phenoxy) is 2. The molecule has 0 aliphatic carbocycles. The van der Waals surface area contributed by atoms with Crippen molar-refractivity contribution >= 4 is 10.9 Å². The van der Waals surface area contributed by atoms with Gasteiger partial charge in [-0.2, -0.15) is 0 Å². The molecule has 1 atom stereocenters. The van der Waals surface area contributed by atoms with Crippen LogP contribution in [0.2, 0.25) is 0 Å². The summed E-state index contributed by atoms with van der Waals surface area (Å²) in [6.07, 6.45) is -0.178. The van der Waals surface area contributed by atoms with E-state index in [1.165, 1.54) is 24.3 Å². The number of halogens is 3. The lowest BCUT2D eigenvalue weighted by Gasteiger charge is -2.23. The Morgan fingerprint density at radius 3 is 2.73 bits per heavy atom. The van der Waals surface area contributed by atoms with Crippen molar-refractivity contribution in [1.82, 2.24) is 15.1 Å². The maximum atomic E-state index is 14.2. The molecule has 1 aliphatic heterocycles. The fraction of sp³-hybridized carbons (Fsp3) is 0.278. The van der Waals surface area contributed by atoms with E-state index in [-0.39, 0.29) is 24.3 Å². The largest absolute Gasteiger partial charge is 0.473 e. The Morgan fingerprint density at radius 2 is 2.00 bits per heavy atom. The molecule has 2 aromatic carbocycles. The van der Waals surface area contributed by atoms with E-state index in [1.807, 2.05) is 0 Å². The number of nitrogens with one attached hydrogen (secondary N) is 1. The SMILES string of the molecule is Fc1ccc2c(c1)c(OC[C@@H]1CNCCO1)nn2-c1c(F)cccc1F. The highest BCUT2D eigenvalue weighted by Crippen LogP contribution is 2.30. The van der Waals surface area contributed by atoms with E-state index in [0.717, 1.165) is 23.4 Å². The van der Waals surface area contributed by atoms with Gasteiger partial charge in [0.1, 0.15) is 24.2 Å². The van der Waals surface area contributed by atoms with Crippen molar-refractivity contribution in [3.63, 3.8) is 0 Å². The quantitative estimate of drug-likeness (QED) is 0.775. The monoisotopic (exact) mass is 363 g/mol. The first-order valence-electron chi connectivity index (χ1n) is 8.21. The van der Waals surface area contributed by atoms with Crippen molar-refractivity contribution in [2.24, 2.45) is 0 Å². The van der Waals surface area contributed by atoms with Gasteiger partial charge in [-0.15, -0.1) is 5.10 Å². The Kier molecular flexibility index (Phi) is 4.52. The van der Waals surface area contributed by atoms with Crippen molar-refractivity contribution in [1.29, 1.82) is 0 Å². The molecule has 1 saturated heterocycles. The molecule has 26 heavy (non-hydrogen) atoms. The van der Waals surface area contributed by atoms with Crippen LogP contribution in [0.4, 0.5) is 13.2 Å². The number of morpholine rings is 1. The molecule has 4 rings (SSSR count). The minimum absolute atomic E-state index is 0.0938. The van der Waals surface area contributed by atoms with Gasteiger partial charge in [0.15, 0.2) is 11.6 Å². The number of aromatic nitrogens is 2. The molecule has 5 nitrogen and oxygen atoms in total. The highest BCUT2D eigenvalue weighted by molar-refractivity contribution is 5.86. The first-order valence-corrected chi connectivity index (χ1v) is 8.21. The van der Waals surface area contributed by atoms with E-state index < -0.39 is 17.5 Å². The van der Waals surface area contributed by atoms with Gasteiger partial charge in [0.05, 0.1) is 17.5 Å². The van der Waals surface area contributed by atoms with Gasteiger partial charge in [0.25, 0.3) is 0 Å². The Hall–Kier alpha value is -2.58. The third kappa shape index (κ3) is 3.13. The predicted molar refractivity (Wildman–Crippen MR) is 89.0 cm³/mol. The van der Waals surface area contributed by atoms with Crippen LogP contribution in [0.15, 0.2) is 36.4 Å². The van der Waals surface area contributed by atoms with Gasteiger partial charge >= 0.3 is 0 Å². The van der Waals surface area contributed by atoms with Gasteiger partial charge in [-0.05, 0) is 30.3 Å². The average Bonchev–Trinajstić information content (AvgIpc) is 2.98. The van der Waals surface area contributed by atoms with E-state index in [0.29, 0.717) is 24.1 Å². The minimum Gasteiger partial charge on any atom is -0.473 e. The second-order valence-corrected chi connectivity index (χ2v) is 5.96. The number of fused-ring (bicyclic) bond motifs is 1. The molecule has 0 unspecified atom stereocenters. The number of nitrogens with zero attached hydrogens (tertiary/aromatic N) is 2. The number of para-hydroxylation sites is 1. The van der Waals surface area contributed by atoms with Crippen molar-refractivity contribution in [2.45, 2.75) is 6.10 Å². The molecule has 3 aromatic rings. The third-order valence-corrected chi connectivity index (χ3v) is 4.17. The molecule has 2 heterocycles. The first kappa shape index (κ1) is 16.9. The highest BCUT2D eigenvalue weighted by Gasteiger charge is 2.21. The third-order valence-electron chi connectivity index (χ3n) is 4.17. The van der Waals surface area contributed by atoms with Crippen LogP contribution in [0.25, 0.3) is 16.6 Å². The number of hydrogen-bond donors (Lipinski definition) is 1. The van der Waals surface area contributed by atoms with Crippen LogP contribution in [0.3, 0.4) is 0 Å². The van der Waals surface area contributed by atoms with Crippen molar-refractivity contribution < 1.29 is 22.6 Å². The Bertz CT molecular complexity index is 919. The summed E-state index contributed by atoms with van der Waals surface area (Å²) in [5.41, 5.74) is 0.00243. The molecular weight excluding hydrogens is 347 g/mol. The lowest BCUT2D eigenvalue weighted by Crippen LogP contribution is -2.41. The Morgan fingerprint density at radius 1 is 1.19 bits per heavy atom. The zero-order valence-corrected chi connectivity index (χ0v) is 13.7. The standard InChI is InChI=1S/C18H16F3N3O2/c19-11-4-5-16-13(8-11)18(26-10-12-9-22-6-7-25-12)23-24(16)17-14(20)2-1-3-15(17)21/h1-5,8,12,22H,6-7,9-10H2/t12-/m0/s1.